The molecule has 16 heavy (non-hydrogen) atoms. The highest BCUT2D eigenvalue weighted by molar-refractivity contribution is 5.77. The number of aromatic nitrogens is 1. The van der Waals surface area contributed by atoms with E-state index in [1.165, 1.54) is 0 Å². The summed E-state index contributed by atoms with van der Waals surface area (Å²) >= 11 is 0. The molecule has 1 aromatic carbocycles. The molecule has 0 N–H and O–H groups in total. The van der Waals surface area contributed by atoms with E-state index in [1.54, 1.807) is 24.5 Å². The molecule has 0 amide bonds. The maximum atomic E-state index is 10.8. The van der Waals surface area contributed by atoms with Crippen molar-refractivity contribution in [3.05, 3.63) is 59.9 Å². The zero-order valence-electron chi connectivity index (χ0n) is 8.67. The van der Waals surface area contributed by atoms with Crippen molar-refractivity contribution in [3.8, 4) is 5.75 Å². The molecule has 1 aromatic heterocycles. The smallest absolute Gasteiger partial charge is 0.150 e. The molecular formula is C13H11NO2. The monoisotopic (exact) mass is 213 g/mol. The Kier molecular flexibility index (Phi) is 3.28. The van der Waals surface area contributed by atoms with E-state index in [0.717, 1.165) is 11.8 Å². The summed E-state index contributed by atoms with van der Waals surface area (Å²) in [5, 5.41) is 0. The fourth-order valence-electron chi connectivity index (χ4n) is 1.37. The van der Waals surface area contributed by atoms with Crippen LogP contribution in [0.4, 0.5) is 0 Å². The van der Waals surface area contributed by atoms with Gasteiger partial charge in [0, 0.05) is 11.8 Å². The van der Waals surface area contributed by atoms with Crippen LogP contribution in [0, 0.1) is 0 Å². The van der Waals surface area contributed by atoms with Crippen LogP contribution < -0.4 is 4.74 Å². The Morgan fingerprint density at radius 2 is 2.06 bits per heavy atom. The van der Waals surface area contributed by atoms with Crippen LogP contribution in [0.1, 0.15) is 15.9 Å². The Morgan fingerprint density at radius 1 is 1.19 bits per heavy atom. The summed E-state index contributed by atoms with van der Waals surface area (Å²) in [4.78, 5) is 14.7. The third-order valence-corrected chi connectivity index (χ3v) is 2.21. The van der Waals surface area contributed by atoms with Crippen LogP contribution in [-0.4, -0.2) is 11.3 Å². The topological polar surface area (TPSA) is 39.2 Å². The minimum absolute atomic E-state index is 0.376. The number of carbonyl (C=O) groups excluding carboxylic acids is 1. The first-order chi connectivity index (χ1) is 7.90. The molecule has 0 aliphatic heterocycles. The standard InChI is InChI=1S/C13H11NO2/c15-9-11-4-1-2-5-12(11)10-16-13-6-3-7-14-8-13/h1-9H,10H2. The Bertz CT molecular complexity index is 468. The first-order valence-corrected chi connectivity index (χ1v) is 4.96. The number of pyridine rings is 1. The van der Waals surface area contributed by atoms with Gasteiger partial charge in [-0.25, -0.2) is 0 Å². The van der Waals surface area contributed by atoms with Crippen molar-refractivity contribution < 1.29 is 9.53 Å². The van der Waals surface area contributed by atoms with Gasteiger partial charge in [-0.3, -0.25) is 9.78 Å². The summed E-state index contributed by atoms with van der Waals surface area (Å²) in [6.45, 7) is 0.376. The molecular weight excluding hydrogens is 202 g/mol. The number of hydrogen-bond donors (Lipinski definition) is 0. The number of carbonyl (C=O) groups is 1. The quantitative estimate of drug-likeness (QED) is 0.732. The third kappa shape index (κ3) is 2.45. The molecule has 2 rings (SSSR count). The molecule has 3 nitrogen and oxygen atoms in total. The van der Waals surface area contributed by atoms with Crippen LogP contribution in [0.3, 0.4) is 0 Å². The van der Waals surface area contributed by atoms with Gasteiger partial charge in [0.2, 0.25) is 0 Å². The van der Waals surface area contributed by atoms with Crippen molar-refractivity contribution >= 4 is 6.29 Å². The van der Waals surface area contributed by atoms with Crippen LogP contribution in [0.25, 0.3) is 0 Å². The van der Waals surface area contributed by atoms with Crippen molar-refractivity contribution in [2.45, 2.75) is 6.61 Å². The lowest BCUT2D eigenvalue weighted by Gasteiger charge is -2.07. The predicted molar refractivity (Wildman–Crippen MR) is 60.4 cm³/mol. The Balaban J connectivity index is 2.08. The van der Waals surface area contributed by atoms with Crippen LogP contribution in [-0.2, 0) is 6.61 Å². The van der Waals surface area contributed by atoms with Gasteiger partial charge in [0.05, 0.1) is 6.20 Å². The van der Waals surface area contributed by atoms with E-state index in [9.17, 15) is 4.79 Å². The fourth-order valence-corrected chi connectivity index (χ4v) is 1.37. The van der Waals surface area contributed by atoms with Gasteiger partial charge in [0.15, 0.2) is 0 Å². The zero-order chi connectivity index (χ0) is 11.2. The van der Waals surface area contributed by atoms with Crippen LogP contribution in [0.2, 0.25) is 0 Å². The third-order valence-electron chi connectivity index (χ3n) is 2.21. The van der Waals surface area contributed by atoms with Gasteiger partial charge in [0.25, 0.3) is 0 Å². The van der Waals surface area contributed by atoms with Crippen molar-refractivity contribution in [2.24, 2.45) is 0 Å². The molecule has 0 fully saturated rings. The average molecular weight is 213 g/mol. The van der Waals surface area contributed by atoms with Crippen LogP contribution in [0.15, 0.2) is 48.8 Å². The maximum Gasteiger partial charge on any atom is 0.150 e. The second-order valence-electron chi connectivity index (χ2n) is 3.29. The molecule has 0 unspecified atom stereocenters. The number of nitrogens with zero attached hydrogens (tertiary/aromatic N) is 1. The summed E-state index contributed by atoms with van der Waals surface area (Å²) in [7, 11) is 0. The van der Waals surface area contributed by atoms with Crippen molar-refractivity contribution in [3.63, 3.8) is 0 Å². The molecule has 3 heteroatoms. The van der Waals surface area contributed by atoms with E-state index in [-0.39, 0.29) is 0 Å². The van der Waals surface area contributed by atoms with E-state index < -0.39 is 0 Å². The second-order valence-corrected chi connectivity index (χ2v) is 3.29. The fraction of sp³-hybridized carbons (Fsp3) is 0.0769. The van der Waals surface area contributed by atoms with E-state index >= 15 is 0 Å². The first kappa shape index (κ1) is 10.4. The summed E-state index contributed by atoms with van der Waals surface area (Å²) in [6.07, 6.45) is 4.16. The minimum atomic E-state index is 0.376. The molecule has 1 heterocycles. The van der Waals surface area contributed by atoms with E-state index in [1.807, 2.05) is 24.3 Å². The van der Waals surface area contributed by atoms with Crippen molar-refractivity contribution in [1.82, 2.24) is 4.98 Å². The predicted octanol–water partition coefficient (Wildman–Crippen LogP) is 2.47. The van der Waals surface area contributed by atoms with Crippen LogP contribution >= 0.6 is 0 Å². The second kappa shape index (κ2) is 5.07. The van der Waals surface area contributed by atoms with E-state index in [2.05, 4.69) is 4.98 Å². The largest absolute Gasteiger partial charge is 0.487 e. The highest BCUT2D eigenvalue weighted by atomic mass is 16.5. The molecule has 0 spiro atoms. The number of rotatable bonds is 4. The molecule has 0 aliphatic rings. The lowest BCUT2D eigenvalue weighted by atomic mass is 10.1. The maximum absolute atomic E-state index is 10.8. The van der Waals surface area contributed by atoms with E-state index in [0.29, 0.717) is 17.9 Å². The number of ether oxygens (including phenoxy) is 1. The Hall–Kier alpha value is -2.16. The summed E-state index contributed by atoms with van der Waals surface area (Å²) in [5.74, 6) is 0.697. The summed E-state index contributed by atoms with van der Waals surface area (Å²) in [5.41, 5.74) is 1.53. The molecule has 0 bridgehead atoms. The van der Waals surface area contributed by atoms with Gasteiger partial charge in [-0.15, -0.1) is 0 Å². The van der Waals surface area contributed by atoms with E-state index in [4.69, 9.17) is 4.74 Å². The SMILES string of the molecule is O=Cc1ccccc1COc1cccnc1. The molecule has 2 aromatic rings. The average Bonchev–Trinajstić information content (AvgIpc) is 2.38. The van der Waals surface area contributed by atoms with Crippen molar-refractivity contribution in [1.29, 1.82) is 0 Å². The van der Waals surface area contributed by atoms with Gasteiger partial charge >= 0.3 is 0 Å². The zero-order valence-corrected chi connectivity index (χ0v) is 8.67. The molecule has 0 atom stereocenters. The van der Waals surface area contributed by atoms with Gasteiger partial charge in [-0.05, 0) is 17.7 Å². The van der Waals surface area contributed by atoms with Gasteiger partial charge in [-0.1, -0.05) is 24.3 Å². The highest BCUT2D eigenvalue weighted by Crippen LogP contribution is 2.12. The minimum Gasteiger partial charge on any atom is -0.487 e. The Labute approximate surface area is 93.7 Å². The van der Waals surface area contributed by atoms with Crippen LogP contribution in [0.5, 0.6) is 5.75 Å². The molecule has 0 saturated heterocycles. The first-order valence-electron chi connectivity index (χ1n) is 4.96. The number of aldehydes is 1. The lowest BCUT2D eigenvalue weighted by Crippen LogP contribution is -1.99. The molecule has 0 aliphatic carbocycles. The summed E-state index contributed by atoms with van der Waals surface area (Å²) < 4.78 is 5.51. The van der Waals surface area contributed by atoms with Crippen molar-refractivity contribution in [2.75, 3.05) is 0 Å². The number of benzene rings is 1. The van der Waals surface area contributed by atoms with Gasteiger partial charge in [0.1, 0.15) is 18.6 Å². The summed E-state index contributed by atoms with van der Waals surface area (Å²) in [6, 6.07) is 11.0. The molecule has 0 saturated carbocycles. The number of hydrogen-bond acceptors (Lipinski definition) is 3. The molecule has 80 valence electrons. The van der Waals surface area contributed by atoms with Gasteiger partial charge in [-0.2, -0.15) is 0 Å². The lowest BCUT2D eigenvalue weighted by molar-refractivity contribution is 0.112. The highest BCUT2D eigenvalue weighted by Gasteiger charge is 2.01. The normalized spacial score (nSPS) is 9.75. The molecule has 0 radical (unpaired) electrons. The Morgan fingerprint density at radius 3 is 2.81 bits per heavy atom. The van der Waals surface area contributed by atoms with Gasteiger partial charge < -0.3 is 4.74 Å².